The molecule has 1 saturated carbocycles. The molecule has 1 N–H and O–H groups in total. The Hall–Kier alpha value is -0.770. The van der Waals surface area contributed by atoms with Crippen LogP contribution >= 0.6 is 0 Å². The van der Waals surface area contributed by atoms with E-state index in [0.29, 0.717) is 12.8 Å². The largest absolute Gasteiger partial charge is 0.510 e. The molecule has 0 aromatic heterocycles. The predicted molar refractivity (Wildman–Crippen MR) is 46.1 cm³/mol. The lowest BCUT2D eigenvalue weighted by Crippen LogP contribution is -2.37. The molecule has 0 spiro atoms. The fourth-order valence-corrected chi connectivity index (χ4v) is 1.51. The second-order valence-corrected chi connectivity index (χ2v) is 3.29. The predicted octanol–water partition coefficient (Wildman–Crippen LogP) is 1.81. The molecule has 0 aromatic rings. The average Bonchev–Trinajstić information content (AvgIpc) is 2.04. The summed E-state index contributed by atoms with van der Waals surface area (Å²) < 4.78 is 9.40. The summed E-state index contributed by atoms with van der Waals surface area (Å²) in [5.41, 5.74) is 0. The smallest absolute Gasteiger partial charge is 0.435 e. The van der Waals surface area contributed by atoms with Crippen LogP contribution in [0.5, 0.6) is 0 Å². The van der Waals surface area contributed by atoms with E-state index in [1.807, 2.05) is 0 Å². The SMILES string of the molecule is CCOC(=O)OC1(O)CCCCC1. The number of rotatable bonds is 2. The van der Waals surface area contributed by atoms with Gasteiger partial charge >= 0.3 is 6.16 Å². The van der Waals surface area contributed by atoms with Crippen molar-refractivity contribution in [2.75, 3.05) is 6.61 Å². The van der Waals surface area contributed by atoms with Crippen LogP contribution in [0.1, 0.15) is 39.0 Å². The monoisotopic (exact) mass is 188 g/mol. The minimum Gasteiger partial charge on any atom is -0.435 e. The van der Waals surface area contributed by atoms with Gasteiger partial charge in [0.2, 0.25) is 5.79 Å². The van der Waals surface area contributed by atoms with Gasteiger partial charge in [-0.05, 0) is 19.8 Å². The molecule has 76 valence electrons. The highest BCUT2D eigenvalue weighted by molar-refractivity contribution is 5.60. The third kappa shape index (κ3) is 3.22. The van der Waals surface area contributed by atoms with E-state index < -0.39 is 11.9 Å². The lowest BCUT2D eigenvalue weighted by Gasteiger charge is -2.30. The minimum atomic E-state index is -1.27. The molecule has 0 aromatic carbocycles. The highest BCUT2D eigenvalue weighted by atomic mass is 16.8. The Kier molecular flexibility index (Phi) is 3.54. The van der Waals surface area contributed by atoms with Gasteiger partial charge in [-0.25, -0.2) is 4.79 Å². The summed E-state index contributed by atoms with van der Waals surface area (Å²) in [5, 5.41) is 9.75. The molecule has 1 aliphatic carbocycles. The van der Waals surface area contributed by atoms with Crippen molar-refractivity contribution in [3.8, 4) is 0 Å². The zero-order valence-electron chi connectivity index (χ0n) is 7.91. The number of hydrogen-bond acceptors (Lipinski definition) is 4. The van der Waals surface area contributed by atoms with Gasteiger partial charge in [0.15, 0.2) is 0 Å². The standard InChI is InChI=1S/C9H16O4/c1-2-12-8(10)13-9(11)6-4-3-5-7-9/h11H,2-7H2,1H3. The van der Waals surface area contributed by atoms with Gasteiger partial charge in [0.05, 0.1) is 6.61 Å². The number of ether oxygens (including phenoxy) is 2. The zero-order valence-corrected chi connectivity index (χ0v) is 7.91. The molecule has 1 fully saturated rings. The molecule has 1 aliphatic rings. The van der Waals surface area contributed by atoms with Gasteiger partial charge in [-0.3, -0.25) is 0 Å². The molecule has 0 heterocycles. The van der Waals surface area contributed by atoms with Crippen LogP contribution in [0, 0.1) is 0 Å². The summed E-state index contributed by atoms with van der Waals surface area (Å²) in [6, 6.07) is 0. The van der Waals surface area contributed by atoms with Gasteiger partial charge < -0.3 is 14.6 Å². The first-order valence-electron chi connectivity index (χ1n) is 4.74. The van der Waals surface area contributed by atoms with Gasteiger partial charge in [-0.15, -0.1) is 0 Å². The van der Waals surface area contributed by atoms with Crippen molar-refractivity contribution in [3.05, 3.63) is 0 Å². The van der Waals surface area contributed by atoms with Gasteiger partial charge in [0.1, 0.15) is 0 Å². The summed E-state index contributed by atoms with van der Waals surface area (Å²) in [4.78, 5) is 10.9. The van der Waals surface area contributed by atoms with Gasteiger partial charge in [-0.1, -0.05) is 6.42 Å². The first-order chi connectivity index (χ1) is 6.16. The van der Waals surface area contributed by atoms with E-state index in [9.17, 15) is 9.90 Å². The maximum Gasteiger partial charge on any atom is 0.510 e. The van der Waals surface area contributed by atoms with Crippen LogP contribution < -0.4 is 0 Å². The number of carbonyl (C=O) groups excluding carboxylic acids is 1. The fraction of sp³-hybridized carbons (Fsp3) is 0.889. The molecule has 1 rings (SSSR count). The van der Waals surface area contributed by atoms with Crippen molar-refractivity contribution in [3.63, 3.8) is 0 Å². The van der Waals surface area contributed by atoms with Gasteiger partial charge in [0, 0.05) is 12.8 Å². The van der Waals surface area contributed by atoms with E-state index in [1.54, 1.807) is 6.92 Å². The van der Waals surface area contributed by atoms with Crippen molar-refractivity contribution < 1.29 is 19.4 Å². The van der Waals surface area contributed by atoms with Crippen molar-refractivity contribution in [2.45, 2.75) is 44.8 Å². The molecule has 13 heavy (non-hydrogen) atoms. The lowest BCUT2D eigenvalue weighted by atomic mass is 9.94. The number of aliphatic hydroxyl groups is 1. The summed E-state index contributed by atoms with van der Waals surface area (Å²) in [5.74, 6) is -1.27. The van der Waals surface area contributed by atoms with Crippen LogP contribution in [0.25, 0.3) is 0 Å². The maximum absolute atomic E-state index is 10.9. The minimum absolute atomic E-state index is 0.273. The Morgan fingerprint density at radius 1 is 1.38 bits per heavy atom. The number of hydrogen-bond donors (Lipinski definition) is 1. The Morgan fingerprint density at radius 3 is 2.54 bits per heavy atom. The van der Waals surface area contributed by atoms with E-state index in [-0.39, 0.29) is 6.61 Å². The molecule has 0 aliphatic heterocycles. The van der Waals surface area contributed by atoms with Crippen LogP contribution in [0.2, 0.25) is 0 Å². The van der Waals surface area contributed by atoms with Gasteiger partial charge in [-0.2, -0.15) is 0 Å². The quantitative estimate of drug-likeness (QED) is 0.530. The molecule has 0 radical (unpaired) electrons. The summed E-state index contributed by atoms with van der Waals surface area (Å²) in [6.45, 7) is 1.97. The topological polar surface area (TPSA) is 55.8 Å². The first-order valence-corrected chi connectivity index (χ1v) is 4.74. The molecular weight excluding hydrogens is 172 g/mol. The first kappa shape index (κ1) is 10.3. The van der Waals surface area contributed by atoms with Crippen molar-refractivity contribution in [1.82, 2.24) is 0 Å². The van der Waals surface area contributed by atoms with Crippen molar-refractivity contribution in [1.29, 1.82) is 0 Å². The summed E-state index contributed by atoms with van der Waals surface area (Å²) in [6.07, 6.45) is 3.16. The lowest BCUT2D eigenvalue weighted by molar-refractivity contribution is -0.193. The summed E-state index contributed by atoms with van der Waals surface area (Å²) >= 11 is 0. The van der Waals surface area contributed by atoms with Gasteiger partial charge in [0.25, 0.3) is 0 Å². The van der Waals surface area contributed by atoms with Crippen LogP contribution in [0.15, 0.2) is 0 Å². The van der Waals surface area contributed by atoms with E-state index in [1.165, 1.54) is 0 Å². The Labute approximate surface area is 77.8 Å². The van der Waals surface area contributed by atoms with Crippen LogP contribution in [-0.4, -0.2) is 23.7 Å². The van der Waals surface area contributed by atoms with E-state index in [0.717, 1.165) is 19.3 Å². The molecular formula is C9H16O4. The molecule has 0 atom stereocenters. The Bertz CT molecular complexity index is 172. The normalized spacial score (nSPS) is 20.8. The third-order valence-electron chi connectivity index (χ3n) is 2.17. The average molecular weight is 188 g/mol. The summed E-state index contributed by atoms with van der Waals surface area (Å²) in [7, 11) is 0. The Balaban J connectivity index is 2.36. The van der Waals surface area contributed by atoms with Crippen LogP contribution in [-0.2, 0) is 9.47 Å². The van der Waals surface area contributed by atoms with E-state index in [2.05, 4.69) is 4.74 Å². The second kappa shape index (κ2) is 4.46. The Morgan fingerprint density at radius 2 is 2.00 bits per heavy atom. The molecule has 0 unspecified atom stereocenters. The maximum atomic E-state index is 10.9. The second-order valence-electron chi connectivity index (χ2n) is 3.29. The van der Waals surface area contributed by atoms with Crippen LogP contribution in [0.4, 0.5) is 4.79 Å². The third-order valence-corrected chi connectivity index (χ3v) is 2.17. The van der Waals surface area contributed by atoms with E-state index in [4.69, 9.17) is 4.74 Å². The highest BCUT2D eigenvalue weighted by Gasteiger charge is 2.33. The fourth-order valence-electron chi connectivity index (χ4n) is 1.51. The molecule has 0 bridgehead atoms. The number of carbonyl (C=O) groups is 1. The molecule has 0 saturated heterocycles. The molecule has 4 nitrogen and oxygen atoms in total. The van der Waals surface area contributed by atoms with Crippen LogP contribution in [0.3, 0.4) is 0 Å². The van der Waals surface area contributed by atoms with E-state index >= 15 is 0 Å². The zero-order chi connectivity index (χ0) is 9.73. The molecule has 0 amide bonds. The highest BCUT2D eigenvalue weighted by Crippen LogP contribution is 2.29. The van der Waals surface area contributed by atoms with Crippen molar-refractivity contribution in [2.24, 2.45) is 0 Å². The van der Waals surface area contributed by atoms with Crippen molar-refractivity contribution >= 4 is 6.16 Å². The molecule has 4 heteroatoms.